The van der Waals surface area contributed by atoms with Crippen LogP contribution in [-0.4, -0.2) is 34.8 Å². The molecule has 0 spiro atoms. The monoisotopic (exact) mass is 226 g/mol. The first kappa shape index (κ1) is 12.0. The molecule has 0 aliphatic carbocycles. The third kappa shape index (κ3) is 3.20. The minimum Gasteiger partial charge on any atom is -0.338 e. The molecule has 1 aromatic heterocycles. The van der Waals surface area contributed by atoms with Gasteiger partial charge in [0.25, 0.3) is 5.91 Å². The lowest BCUT2D eigenvalue weighted by Gasteiger charge is -2.19. The van der Waals surface area contributed by atoms with Crippen LogP contribution in [0.15, 0.2) is 18.3 Å². The van der Waals surface area contributed by atoms with Crippen LogP contribution in [-0.2, 0) is 0 Å². The molecule has 0 unspecified atom stereocenters. The zero-order chi connectivity index (χ0) is 11.3. The van der Waals surface area contributed by atoms with Gasteiger partial charge in [-0.25, -0.2) is 0 Å². The van der Waals surface area contributed by atoms with Crippen molar-refractivity contribution in [2.75, 3.05) is 19.0 Å². The van der Waals surface area contributed by atoms with E-state index in [4.69, 9.17) is 11.6 Å². The van der Waals surface area contributed by atoms with Gasteiger partial charge in [-0.2, -0.15) is 0 Å². The molecule has 0 aromatic carbocycles. The second kappa shape index (κ2) is 5.71. The highest BCUT2D eigenvalue weighted by molar-refractivity contribution is 6.18. The number of amides is 1. The smallest absolute Gasteiger partial charge is 0.254 e. The Bertz CT molecular complexity index is 341. The van der Waals surface area contributed by atoms with Crippen molar-refractivity contribution in [3.63, 3.8) is 0 Å². The second-order valence-corrected chi connectivity index (χ2v) is 3.64. The van der Waals surface area contributed by atoms with E-state index in [0.717, 1.165) is 5.69 Å². The lowest BCUT2D eigenvalue weighted by atomic mass is 10.2. The maximum atomic E-state index is 12.0. The molecule has 0 bridgehead atoms. The number of nitrogens with zero attached hydrogens (tertiary/aromatic N) is 2. The number of halogens is 1. The summed E-state index contributed by atoms with van der Waals surface area (Å²) in [5.41, 5.74) is 1.53. The van der Waals surface area contributed by atoms with E-state index in [9.17, 15) is 4.79 Å². The van der Waals surface area contributed by atoms with Crippen molar-refractivity contribution in [1.29, 1.82) is 0 Å². The van der Waals surface area contributed by atoms with Crippen molar-refractivity contribution < 1.29 is 4.79 Å². The third-order valence-corrected chi connectivity index (χ3v) is 2.34. The predicted molar refractivity (Wildman–Crippen MR) is 61.3 cm³/mol. The van der Waals surface area contributed by atoms with Crippen LogP contribution >= 0.6 is 11.6 Å². The fourth-order valence-electron chi connectivity index (χ4n) is 1.37. The first-order valence-electron chi connectivity index (χ1n) is 4.97. The van der Waals surface area contributed by atoms with Crippen LogP contribution in [0.2, 0.25) is 0 Å². The van der Waals surface area contributed by atoms with Gasteiger partial charge >= 0.3 is 0 Å². The summed E-state index contributed by atoms with van der Waals surface area (Å²) in [6, 6.07) is 3.52. The van der Waals surface area contributed by atoms with Crippen LogP contribution in [0.4, 0.5) is 0 Å². The molecule has 82 valence electrons. The lowest BCUT2D eigenvalue weighted by Crippen LogP contribution is -2.32. The normalized spacial score (nSPS) is 10.1. The van der Waals surface area contributed by atoms with Crippen LogP contribution in [0.5, 0.6) is 0 Å². The molecule has 0 saturated carbocycles. The quantitative estimate of drug-likeness (QED) is 0.737. The number of pyridine rings is 1. The van der Waals surface area contributed by atoms with Gasteiger partial charge in [-0.15, -0.1) is 11.6 Å². The molecule has 0 atom stereocenters. The summed E-state index contributed by atoms with van der Waals surface area (Å²) in [7, 11) is 0. The van der Waals surface area contributed by atoms with E-state index in [2.05, 4.69) is 4.98 Å². The standard InChI is InChI=1S/C11H15ClN2O/c1-3-14(7-5-12)11(15)10-4-6-13-9(2)8-10/h4,6,8H,3,5,7H2,1-2H3. The van der Waals surface area contributed by atoms with Crippen molar-refractivity contribution in [1.82, 2.24) is 9.88 Å². The number of aromatic nitrogens is 1. The Morgan fingerprint density at radius 3 is 2.87 bits per heavy atom. The van der Waals surface area contributed by atoms with E-state index in [1.54, 1.807) is 23.2 Å². The first-order chi connectivity index (χ1) is 7.19. The largest absolute Gasteiger partial charge is 0.338 e. The Balaban J connectivity index is 2.82. The average Bonchev–Trinajstić information content (AvgIpc) is 2.25. The van der Waals surface area contributed by atoms with Gasteiger partial charge in [-0.1, -0.05) is 0 Å². The molecule has 1 aromatic rings. The Kier molecular flexibility index (Phi) is 4.56. The summed E-state index contributed by atoms with van der Waals surface area (Å²) in [6.45, 7) is 5.07. The Morgan fingerprint density at radius 1 is 1.60 bits per heavy atom. The highest BCUT2D eigenvalue weighted by Gasteiger charge is 2.13. The Morgan fingerprint density at radius 2 is 2.33 bits per heavy atom. The summed E-state index contributed by atoms with van der Waals surface area (Å²) < 4.78 is 0. The topological polar surface area (TPSA) is 33.2 Å². The first-order valence-corrected chi connectivity index (χ1v) is 5.50. The maximum absolute atomic E-state index is 12.0. The van der Waals surface area contributed by atoms with Gasteiger partial charge in [0.05, 0.1) is 0 Å². The van der Waals surface area contributed by atoms with E-state index in [-0.39, 0.29) is 5.91 Å². The number of hydrogen-bond acceptors (Lipinski definition) is 2. The molecule has 0 radical (unpaired) electrons. The van der Waals surface area contributed by atoms with Crippen molar-refractivity contribution in [2.24, 2.45) is 0 Å². The summed E-state index contributed by atoms with van der Waals surface area (Å²) in [5, 5.41) is 0. The summed E-state index contributed by atoms with van der Waals surface area (Å²) in [4.78, 5) is 17.7. The molecule has 0 fully saturated rings. The maximum Gasteiger partial charge on any atom is 0.254 e. The zero-order valence-electron chi connectivity index (χ0n) is 9.03. The highest BCUT2D eigenvalue weighted by atomic mass is 35.5. The van der Waals surface area contributed by atoms with Crippen LogP contribution in [0.25, 0.3) is 0 Å². The van der Waals surface area contributed by atoms with Gasteiger partial charge in [-0.3, -0.25) is 9.78 Å². The van der Waals surface area contributed by atoms with Crippen LogP contribution in [0, 0.1) is 6.92 Å². The molecule has 0 aliphatic heterocycles. The fraction of sp³-hybridized carbons (Fsp3) is 0.455. The summed E-state index contributed by atoms with van der Waals surface area (Å²) in [6.07, 6.45) is 1.65. The fourth-order valence-corrected chi connectivity index (χ4v) is 1.57. The van der Waals surface area contributed by atoms with Crippen molar-refractivity contribution in [2.45, 2.75) is 13.8 Å². The van der Waals surface area contributed by atoms with E-state index >= 15 is 0 Å². The average molecular weight is 227 g/mol. The lowest BCUT2D eigenvalue weighted by molar-refractivity contribution is 0.0774. The van der Waals surface area contributed by atoms with E-state index in [1.807, 2.05) is 13.8 Å². The number of alkyl halides is 1. The number of carbonyl (C=O) groups is 1. The van der Waals surface area contributed by atoms with Crippen molar-refractivity contribution in [3.05, 3.63) is 29.6 Å². The van der Waals surface area contributed by atoms with E-state index in [1.165, 1.54) is 0 Å². The van der Waals surface area contributed by atoms with Gasteiger partial charge in [0.1, 0.15) is 0 Å². The summed E-state index contributed by atoms with van der Waals surface area (Å²) in [5.74, 6) is 0.479. The molecular weight excluding hydrogens is 212 g/mol. The highest BCUT2D eigenvalue weighted by Crippen LogP contribution is 2.05. The van der Waals surface area contributed by atoms with Crippen molar-refractivity contribution >= 4 is 17.5 Å². The van der Waals surface area contributed by atoms with E-state index < -0.39 is 0 Å². The van der Waals surface area contributed by atoms with Crippen molar-refractivity contribution in [3.8, 4) is 0 Å². The Hall–Kier alpha value is -1.09. The molecule has 0 saturated heterocycles. The van der Waals surface area contributed by atoms with Gasteiger partial charge in [0.2, 0.25) is 0 Å². The zero-order valence-corrected chi connectivity index (χ0v) is 9.79. The molecule has 15 heavy (non-hydrogen) atoms. The number of carbonyl (C=O) groups excluding carboxylic acids is 1. The molecule has 4 heteroatoms. The number of aryl methyl sites for hydroxylation is 1. The molecular formula is C11H15ClN2O. The van der Waals surface area contributed by atoms with Gasteiger partial charge in [0, 0.05) is 36.4 Å². The molecule has 0 aliphatic rings. The number of hydrogen-bond donors (Lipinski definition) is 0. The Labute approximate surface area is 95.1 Å². The SMILES string of the molecule is CCN(CCCl)C(=O)c1ccnc(C)c1. The van der Waals surface area contributed by atoms with E-state index in [0.29, 0.717) is 24.5 Å². The predicted octanol–water partition coefficient (Wildman–Crippen LogP) is 2.09. The summed E-state index contributed by atoms with van der Waals surface area (Å²) >= 11 is 5.63. The minimum absolute atomic E-state index is 0.0173. The van der Waals surface area contributed by atoms with Gasteiger partial charge in [-0.05, 0) is 26.0 Å². The van der Waals surface area contributed by atoms with Gasteiger partial charge < -0.3 is 4.90 Å². The van der Waals surface area contributed by atoms with Crippen LogP contribution in [0.1, 0.15) is 23.0 Å². The van der Waals surface area contributed by atoms with Gasteiger partial charge in [0.15, 0.2) is 0 Å². The van der Waals surface area contributed by atoms with Crippen LogP contribution in [0.3, 0.4) is 0 Å². The second-order valence-electron chi connectivity index (χ2n) is 3.26. The molecule has 1 heterocycles. The number of rotatable bonds is 4. The minimum atomic E-state index is 0.0173. The van der Waals surface area contributed by atoms with Crippen LogP contribution < -0.4 is 0 Å². The molecule has 0 N–H and O–H groups in total. The third-order valence-electron chi connectivity index (χ3n) is 2.17. The molecule has 3 nitrogen and oxygen atoms in total. The molecule has 1 amide bonds. The molecule has 1 rings (SSSR count).